The predicted octanol–water partition coefficient (Wildman–Crippen LogP) is 3.71. The largest absolute Gasteiger partial charge is 0.494 e. The Morgan fingerprint density at radius 3 is 2.71 bits per heavy atom. The van der Waals surface area contributed by atoms with Crippen molar-refractivity contribution in [2.24, 2.45) is 0 Å². The van der Waals surface area contributed by atoms with Gasteiger partial charge in [-0.05, 0) is 43.7 Å². The molecule has 2 aromatic carbocycles. The summed E-state index contributed by atoms with van der Waals surface area (Å²) in [4.78, 5) is 14.3. The van der Waals surface area contributed by atoms with Crippen LogP contribution in [0.25, 0.3) is 0 Å². The summed E-state index contributed by atoms with van der Waals surface area (Å²) >= 11 is 0. The van der Waals surface area contributed by atoms with Gasteiger partial charge in [0.2, 0.25) is 0 Å². The van der Waals surface area contributed by atoms with Crippen molar-refractivity contribution < 1.29 is 18.7 Å². The minimum Gasteiger partial charge on any atom is -0.494 e. The number of ether oxygens (including phenoxy) is 2. The van der Waals surface area contributed by atoms with E-state index in [1.165, 1.54) is 12.3 Å². The Labute approximate surface area is 180 Å². The third kappa shape index (κ3) is 4.79. The van der Waals surface area contributed by atoms with Gasteiger partial charge < -0.3 is 19.7 Å². The number of carbonyl (C=O) groups excluding carboxylic acids is 1. The van der Waals surface area contributed by atoms with Gasteiger partial charge in [-0.3, -0.25) is 9.89 Å². The van der Waals surface area contributed by atoms with Gasteiger partial charge in [0.1, 0.15) is 11.9 Å². The molecule has 8 heteroatoms. The number of nitrogens with zero attached hydrogens (tertiary/aromatic N) is 2. The molecule has 1 amide bonds. The first-order valence-corrected chi connectivity index (χ1v) is 10.3. The van der Waals surface area contributed by atoms with Gasteiger partial charge in [-0.15, -0.1) is 0 Å². The molecule has 0 aliphatic carbocycles. The van der Waals surface area contributed by atoms with E-state index in [0.29, 0.717) is 31.0 Å². The number of H-pyrrole nitrogens is 1. The highest BCUT2D eigenvalue weighted by Crippen LogP contribution is 2.28. The summed E-state index contributed by atoms with van der Waals surface area (Å²) in [5.74, 6) is 0.151. The van der Waals surface area contributed by atoms with E-state index >= 15 is 0 Å². The smallest absolute Gasteiger partial charge is 0.254 e. The van der Waals surface area contributed by atoms with Crippen LogP contribution < -0.4 is 19.7 Å². The zero-order valence-corrected chi connectivity index (χ0v) is 17.5. The lowest BCUT2D eigenvalue weighted by molar-refractivity contribution is 0.0940. The average molecular weight is 424 g/mol. The number of benzene rings is 2. The van der Waals surface area contributed by atoms with Gasteiger partial charge in [-0.2, -0.15) is 5.10 Å². The van der Waals surface area contributed by atoms with Crippen molar-refractivity contribution in [1.29, 1.82) is 0 Å². The molecule has 1 fully saturated rings. The van der Waals surface area contributed by atoms with Crippen LogP contribution in [0, 0.1) is 5.82 Å². The Hall–Kier alpha value is -3.55. The molecule has 1 aliphatic rings. The molecule has 1 aromatic heterocycles. The number of carbonyl (C=O) groups is 1. The fourth-order valence-electron chi connectivity index (χ4n) is 3.45. The zero-order chi connectivity index (χ0) is 21.8. The van der Waals surface area contributed by atoms with Crippen molar-refractivity contribution in [3.63, 3.8) is 0 Å². The van der Waals surface area contributed by atoms with Gasteiger partial charge in [0.05, 0.1) is 37.5 Å². The van der Waals surface area contributed by atoms with Gasteiger partial charge in [-0.1, -0.05) is 12.1 Å². The van der Waals surface area contributed by atoms with E-state index in [9.17, 15) is 9.18 Å². The number of nitrogens with one attached hydrogen (secondary N) is 2. The van der Waals surface area contributed by atoms with Gasteiger partial charge in [0.25, 0.3) is 5.91 Å². The predicted molar refractivity (Wildman–Crippen MR) is 115 cm³/mol. The lowest BCUT2D eigenvalue weighted by Crippen LogP contribution is -2.54. The third-order valence-corrected chi connectivity index (χ3v) is 5.22. The molecule has 162 valence electrons. The number of amides is 1. The highest BCUT2D eigenvalue weighted by atomic mass is 19.1. The van der Waals surface area contributed by atoms with E-state index < -0.39 is 5.82 Å². The summed E-state index contributed by atoms with van der Waals surface area (Å²) < 4.78 is 25.2. The van der Waals surface area contributed by atoms with Crippen LogP contribution in [0.1, 0.15) is 35.8 Å². The quantitative estimate of drug-likeness (QED) is 0.576. The van der Waals surface area contributed by atoms with E-state index in [0.717, 1.165) is 11.3 Å². The topological polar surface area (TPSA) is 79.5 Å². The first kappa shape index (κ1) is 20.7. The van der Waals surface area contributed by atoms with E-state index in [1.807, 2.05) is 38.1 Å². The first-order valence-electron chi connectivity index (χ1n) is 10.3. The van der Waals surface area contributed by atoms with Crippen molar-refractivity contribution in [1.82, 2.24) is 15.5 Å². The minimum absolute atomic E-state index is 0.0692. The van der Waals surface area contributed by atoms with Crippen LogP contribution in [0.15, 0.2) is 54.9 Å². The van der Waals surface area contributed by atoms with Crippen LogP contribution in [0.5, 0.6) is 11.5 Å². The van der Waals surface area contributed by atoms with Crippen LogP contribution in [0.2, 0.25) is 0 Å². The van der Waals surface area contributed by atoms with Crippen molar-refractivity contribution in [3.05, 3.63) is 71.8 Å². The molecule has 0 saturated carbocycles. The second-order valence-electron chi connectivity index (χ2n) is 7.44. The van der Waals surface area contributed by atoms with Gasteiger partial charge in [0, 0.05) is 18.0 Å². The second kappa shape index (κ2) is 9.07. The number of aromatic nitrogens is 2. The van der Waals surface area contributed by atoms with Crippen LogP contribution in [-0.4, -0.2) is 41.9 Å². The van der Waals surface area contributed by atoms with Crippen molar-refractivity contribution in [2.45, 2.75) is 26.0 Å². The van der Waals surface area contributed by atoms with Crippen molar-refractivity contribution in [3.8, 4) is 11.5 Å². The van der Waals surface area contributed by atoms with Crippen molar-refractivity contribution >= 4 is 11.6 Å². The summed E-state index contributed by atoms with van der Waals surface area (Å²) in [6.45, 7) is 5.64. The average Bonchev–Trinajstić information content (AvgIpc) is 3.27. The molecule has 1 saturated heterocycles. The van der Waals surface area contributed by atoms with Gasteiger partial charge >= 0.3 is 0 Å². The summed E-state index contributed by atoms with van der Waals surface area (Å²) in [6.07, 6.45) is 2.99. The number of halogens is 1. The van der Waals surface area contributed by atoms with Crippen LogP contribution in [0.4, 0.5) is 10.1 Å². The lowest BCUT2D eigenvalue weighted by atomic mass is 10.1. The van der Waals surface area contributed by atoms with E-state index in [1.54, 1.807) is 18.3 Å². The van der Waals surface area contributed by atoms with Crippen LogP contribution in [0.3, 0.4) is 0 Å². The Bertz CT molecular complexity index is 1020. The molecule has 0 bridgehead atoms. The van der Waals surface area contributed by atoms with Crippen molar-refractivity contribution in [2.75, 3.05) is 24.6 Å². The Morgan fingerprint density at radius 2 is 2.06 bits per heavy atom. The minimum atomic E-state index is -0.416. The highest BCUT2D eigenvalue weighted by Gasteiger charge is 2.29. The summed E-state index contributed by atoms with van der Waals surface area (Å²) in [5.41, 5.74) is 2.56. The molecule has 4 rings (SSSR count). The highest BCUT2D eigenvalue weighted by molar-refractivity contribution is 5.93. The lowest BCUT2D eigenvalue weighted by Gasteiger charge is -2.40. The molecule has 3 aromatic rings. The van der Waals surface area contributed by atoms with Crippen LogP contribution in [-0.2, 0) is 0 Å². The summed E-state index contributed by atoms with van der Waals surface area (Å²) in [5, 5.41) is 9.37. The number of hydrogen-bond acceptors (Lipinski definition) is 5. The molecule has 0 spiro atoms. The zero-order valence-electron chi connectivity index (χ0n) is 17.5. The maximum absolute atomic E-state index is 14.2. The number of aromatic amines is 1. The SMILES string of the molecule is CCOc1ccc(OC2CN(c3ccc(C(C)NC(=O)c4cn[nH]c4)cc3)C2)c(F)c1. The Morgan fingerprint density at radius 1 is 1.29 bits per heavy atom. The molecule has 1 aliphatic heterocycles. The molecule has 1 unspecified atom stereocenters. The van der Waals surface area contributed by atoms with E-state index in [-0.39, 0.29) is 23.8 Å². The second-order valence-corrected chi connectivity index (χ2v) is 7.44. The number of anilines is 1. The normalized spacial score (nSPS) is 14.6. The fraction of sp³-hybridized carbons (Fsp3) is 0.304. The molecule has 0 radical (unpaired) electrons. The molecule has 7 nitrogen and oxygen atoms in total. The fourth-order valence-corrected chi connectivity index (χ4v) is 3.45. The molecule has 2 N–H and O–H groups in total. The maximum Gasteiger partial charge on any atom is 0.254 e. The third-order valence-electron chi connectivity index (χ3n) is 5.22. The number of rotatable bonds is 8. The Kier molecular flexibility index (Phi) is 6.06. The first-order chi connectivity index (χ1) is 15.0. The summed E-state index contributed by atoms with van der Waals surface area (Å²) in [6, 6.07) is 12.6. The van der Waals surface area contributed by atoms with Crippen LogP contribution >= 0.6 is 0 Å². The Balaban J connectivity index is 1.28. The molecule has 31 heavy (non-hydrogen) atoms. The van der Waals surface area contributed by atoms with E-state index in [4.69, 9.17) is 9.47 Å². The molecule has 1 atom stereocenters. The van der Waals surface area contributed by atoms with Gasteiger partial charge in [-0.25, -0.2) is 4.39 Å². The molecular formula is C23H25FN4O3. The summed E-state index contributed by atoms with van der Waals surface area (Å²) in [7, 11) is 0. The maximum atomic E-state index is 14.2. The number of hydrogen-bond donors (Lipinski definition) is 2. The van der Waals surface area contributed by atoms with Gasteiger partial charge in [0.15, 0.2) is 11.6 Å². The molecule has 2 heterocycles. The standard InChI is InChI=1S/C23H25FN4O3/c1-3-30-19-8-9-22(21(24)10-19)31-20-13-28(14-20)18-6-4-16(5-7-18)15(2)27-23(29)17-11-25-26-12-17/h4-12,15,20H,3,13-14H2,1-2H3,(H,25,26)(H,27,29). The monoisotopic (exact) mass is 424 g/mol. The van der Waals surface area contributed by atoms with E-state index in [2.05, 4.69) is 20.4 Å². The molecular weight excluding hydrogens is 399 g/mol.